The van der Waals surface area contributed by atoms with Gasteiger partial charge in [-0.15, -0.1) is 0 Å². The molecule has 0 amide bonds. The first-order valence-electron chi connectivity index (χ1n) is 6.81. The predicted molar refractivity (Wildman–Crippen MR) is 77.9 cm³/mol. The Morgan fingerprint density at radius 2 is 1.79 bits per heavy atom. The predicted octanol–water partition coefficient (Wildman–Crippen LogP) is 4.49. The Balaban J connectivity index is 2.17. The van der Waals surface area contributed by atoms with Gasteiger partial charge in [0, 0.05) is 0 Å². The van der Waals surface area contributed by atoms with Gasteiger partial charge >= 0.3 is 5.97 Å². The molecule has 2 aromatic rings. The molecule has 19 heavy (non-hydrogen) atoms. The van der Waals surface area contributed by atoms with E-state index in [0.29, 0.717) is 0 Å². The number of hydrogen-bond donors (Lipinski definition) is 0. The third kappa shape index (κ3) is 3.14. The molecule has 0 saturated heterocycles. The monoisotopic (exact) mass is 256 g/mol. The number of benzene rings is 2. The molecule has 0 aliphatic carbocycles. The topological polar surface area (TPSA) is 26.3 Å². The van der Waals surface area contributed by atoms with Crippen LogP contribution in [0.5, 0.6) is 0 Å². The van der Waals surface area contributed by atoms with Crippen LogP contribution < -0.4 is 0 Å². The van der Waals surface area contributed by atoms with E-state index in [2.05, 4.69) is 24.3 Å². The molecule has 0 fully saturated rings. The summed E-state index contributed by atoms with van der Waals surface area (Å²) in [6, 6.07) is 14.4. The van der Waals surface area contributed by atoms with Crippen LogP contribution in [0.25, 0.3) is 10.8 Å². The highest BCUT2D eigenvalue weighted by atomic mass is 16.5. The Hall–Kier alpha value is -1.83. The maximum absolute atomic E-state index is 11.8. The number of carbonyl (C=O) groups excluding carboxylic acids is 1. The van der Waals surface area contributed by atoms with Crippen LogP contribution in [0.15, 0.2) is 42.5 Å². The summed E-state index contributed by atoms with van der Waals surface area (Å²) >= 11 is 0. The number of ether oxygens (including phenoxy) is 1. The number of esters is 1. The SMILES string of the molecule is CCC(C)C(=O)OC(C)c1ccc2ccccc2c1. The highest BCUT2D eigenvalue weighted by molar-refractivity contribution is 5.83. The van der Waals surface area contributed by atoms with E-state index in [-0.39, 0.29) is 18.0 Å². The molecule has 0 saturated carbocycles. The quantitative estimate of drug-likeness (QED) is 0.753. The van der Waals surface area contributed by atoms with Gasteiger partial charge in [-0.3, -0.25) is 4.79 Å². The zero-order valence-electron chi connectivity index (χ0n) is 11.7. The molecular weight excluding hydrogens is 236 g/mol. The Bertz CT molecular complexity index is 574. The summed E-state index contributed by atoms with van der Waals surface area (Å²) in [5, 5.41) is 2.37. The molecule has 0 radical (unpaired) electrons. The maximum atomic E-state index is 11.8. The van der Waals surface area contributed by atoms with Crippen LogP contribution in [0.4, 0.5) is 0 Å². The molecule has 0 aromatic heterocycles. The summed E-state index contributed by atoms with van der Waals surface area (Å²) in [5.74, 6) is -0.161. The van der Waals surface area contributed by atoms with Crippen LogP contribution in [-0.2, 0) is 9.53 Å². The van der Waals surface area contributed by atoms with Crippen molar-refractivity contribution in [3.8, 4) is 0 Å². The summed E-state index contributed by atoms with van der Waals surface area (Å²) in [5.41, 5.74) is 1.04. The molecule has 0 heterocycles. The lowest BCUT2D eigenvalue weighted by Crippen LogP contribution is -2.16. The van der Waals surface area contributed by atoms with Crippen molar-refractivity contribution in [2.75, 3.05) is 0 Å². The van der Waals surface area contributed by atoms with E-state index in [1.54, 1.807) is 0 Å². The van der Waals surface area contributed by atoms with Gasteiger partial charge < -0.3 is 4.74 Å². The second-order valence-electron chi connectivity index (χ2n) is 4.99. The molecule has 100 valence electrons. The second kappa shape index (κ2) is 5.87. The first-order valence-corrected chi connectivity index (χ1v) is 6.81. The molecule has 2 atom stereocenters. The average molecular weight is 256 g/mol. The third-order valence-corrected chi connectivity index (χ3v) is 3.55. The van der Waals surface area contributed by atoms with Crippen molar-refractivity contribution in [2.45, 2.75) is 33.3 Å². The highest BCUT2D eigenvalue weighted by Crippen LogP contribution is 2.23. The first kappa shape index (κ1) is 13.6. The molecule has 0 bridgehead atoms. The molecule has 0 N–H and O–H groups in total. The first-order chi connectivity index (χ1) is 9.11. The molecule has 2 heteroatoms. The van der Waals surface area contributed by atoms with E-state index < -0.39 is 0 Å². The summed E-state index contributed by atoms with van der Waals surface area (Å²) in [6.07, 6.45) is 0.606. The molecule has 2 nitrogen and oxygen atoms in total. The van der Waals surface area contributed by atoms with Crippen LogP contribution in [0.2, 0.25) is 0 Å². The summed E-state index contributed by atoms with van der Waals surface area (Å²) in [7, 11) is 0. The van der Waals surface area contributed by atoms with Crippen LogP contribution in [0.1, 0.15) is 38.9 Å². The molecular formula is C17H20O2. The lowest BCUT2D eigenvalue weighted by atomic mass is 10.0. The van der Waals surface area contributed by atoms with Gasteiger partial charge in [0.1, 0.15) is 6.10 Å². The third-order valence-electron chi connectivity index (χ3n) is 3.55. The second-order valence-corrected chi connectivity index (χ2v) is 4.99. The molecule has 0 aliphatic heterocycles. The molecule has 0 aliphatic rings. The molecule has 0 spiro atoms. The van der Waals surface area contributed by atoms with Crippen molar-refractivity contribution >= 4 is 16.7 Å². The fourth-order valence-electron chi connectivity index (χ4n) is 1.99. The van der Waals surface area contributed by atoms with Crippen LogP contribution in [0, 0.1) is 5.92 Å². The highest BCUT2D eigenvalue weighted by Gasteiger charge is 2.16. The van der Waals surface area contributed by atoms with E-state index >= 15 is 0 Å². The smallest absolute Gasteiger partial charge is 0.309 e. The standard InChI is InChI=1S/C17H20O2/c1-4-12(2)17(18)19-13(3)15-10-9-14-7-5-6-8-16(14)11-15/h5-13H,4H2,1-3H3. The van der Waals surface area contributed by atoms with E-state index in [0.717, 1.165) is 12.0 Å². The van der Waals surface area contributed by atoms with Gasteiger partial charge in [0.15, 0.2) is 0 Å². The average Bonchev–Trinajstić information content (AvgIpc) is 2.45. The summed E-state index contributed by atoms with van der Waals surface area (Å²) in [4.78, 5) is 11.8. The Labute approximate surface area is 114 Å². The molecule has 2 unspecified atom stereocenters. The van der Waals surface area contributed by atoms with Crippen molar-refractivity contribution in [2.24, 2.45) is 5.92 Å². The van der Waals surface area contributed by atoms with Gasteiger partial charge in [0.2, 0.25) is 0 Å². The number of carbonyl (C=O) groups is 1. The van der Waals surface area contributed by atoms with Crippen LogP contribution in [-0.4, -0.2) is 5.97 Å². The fraction of sp³-hybridized carbons (Fsp3) is 0.353. The van der Waals surface area contributed by atoms with E-state index in [1.807, 2.05) is 39.0 Å². The minimum absolute atomic E-state index is 0.0390. The van der Waals surface area contributed by atoms with Crippen LogP contribution >= 0.6 is 0 Å². The summed E-state index contributed by atoms with van der Waals surface area (Å²) in [6.45, 7) is 5.81. The lowest BCUT2D eigenvalue weighted by Gasteiger charge is -2.16. The molecule has 2 aromatic carbocycles. The van der Waals surface area contributed by atoms with E-state index in [1.165, 1.54) is 10.8 Å². The van der Waals surface area contributed by atoms with E-state index in [4.69, 9.17) is 4.74 Å². The molecule has 2 rings (SSSR count). The number of hydrogen-bond acceptors (Lipinski definition) is 2. The Morgan fingerprint density at radius 1 is 1.11 bits per heavy atom. The van der Waals surface area contributed by atoms with Crippen molar-refractivity contribution < 1.29 is 9.53 Å². The summed E-state index contributed by atoms with van der Waals surface area (Å²) < 4.78 is 5.50. The van der Waals surface area contributed by atoms with Gasteiger partial charge in [-0.05, 0) is 35.7 Å². The van der Waals surface area contributed by atoms with Crippen molar-refractivity contribution in [1.29, 1.82) is 0 Å². The largest absolute Gasteiger partial charge is 0.458 e. The Kier molecular flexibility index (Phi) is 4.20. The normalized spacial score (nSPS) is 14.1. The minimum Gasteiger partial charge on any atom is -0.458 e. The zero-order chi connectivity index (χ0) is 13.8. The van der Waals surface area contributed by atoms with Gasteiger partial charge in [-0.2, -0.15) is 0 Å². The van der Waals surface area contributed by atoms with Gasteiger partial charge in [-0.25, -0.2) is 0 Å². The van der Waals surface area contributed by atoms with Gasteiger partial charge in [0.25, 0.3) is 0 Å². The van der Waals surface area contributed by atoms with Crippen molar-refractivity contribution in [3.05, 3.63) is 48.0 Å². The maximum Gasteiger partial charge on any atom is 0.309 e. The van der Waals surface area contributed by atoms with Gasteiger partial charge in [0.05, 0.1) is 5.92 Å². The van der Waals surface area contributed by atoms with Crippen molar-refractivity contribution in [1.82, 2.24) is 0 Å². The van der Waals surface area contributed by atoms with E-state index in [9.17, 15) is 4.79 Å². The Morgan fingerprint density at radius 3 is 2.47 bits per heavy atom. The number of fused-ring (bicyclic) bond motifs is 1. The van der Waals surface area contributed by atoms with Crippen LogP contribution in [0.3, 0.4) is 0 Å². The zero-order valence-corrected chi connectivity index (χ0v) is 11.7. The van der Waals surface area contributed by atoms with Gasteiger partial charge in [-0.1, -0.05) is 50.2 Å². The lowest BCUT2D eigenvalue weighted by molar-refractivity contribution is -0.153. The minimum atomic E-state index is -0.203. The van der Waals surface area contributed by atoms with Crippen molar-refractivity contribution in [3.63, 3.8) is 0 Å². The fourth-order valence-corrected chi connectivity index (χ4v) is 1.99. The number of rotatable bonds is 4.